The largest absolute Gasteiger partial charge is 0.497 e. The Morgan fingerprint density at radius 1 is 1.15 bits per heavy atom. The van der Waals surface area contributed by atoms with Gasteiger partial charge in [0.2, 0.25) is 6.79 Å². The molecule has 0 bridgehead atoms. The van der Waals surface area contributed by atoms with E-state index in [0.717, 1.165) is 22.7 Å². The van der Waals surface area contributed by atoms with Crippen LogP contribution in [0.25, 0.3) is 6.08 Å². The molecule has 0 radical (unpaired) electrons. The molecule has 2 aliphatic heterocycles. The van der Waals surface area contributed by atoms with Gasteiger partial charge in [0, 0.05) is 7.05 Å². The van der Waals surface area contributed by atoms with Crippen LogP contribution in [0.3, 0.4) is 0 Å². The molecule has 2 aromatic carbocycles. The second-order valence-electron chi connectivity index (χ2n) is 5.68. The molecule has 2 aromatic rings. The van der Waals surface area contributed by atoms with E-state index in [4.69, 9.17) is 14.2 Å². The Morgan fingerprint density at radius 3 is 2.69 bits per heavy atom. The van der Waals surface area contributed by atoms with E-state index in [9.17, 15) is 4.79 Å². The summed E-state index contributed by atoms with van der Waals surface area (Å²) in [6, 6.07) is 13.0. The van der Waals surface area contributed by atoms with E-state index in [0.29, 0.717) is 15.8 Å². The molecule has 0 atom stereocenters. The highest BCUT2D eigenvalue weighted by Crippen LogP contribution is 2.36. The lowest BCUT2D eigenvalue weighted by molar-refractivity contribution is -0.121. The standard InChI is InChI=1S/C19H16N2O4S/c1-21-18(22)17(10-12-3-8-15-16(9-12)25-11-24-15)26-19(21)20-13-4-6-14(23-2)7-5-13/h3-10H,11H2,1-2H3/b17-10+,20-19?. The highest BCUT2D eigenvalue weighted by molar-refractivity contribution is 8.18. The van der Waals surface area contributed by atoms with Crippen molar-refractivity contribution >= 4 is 34.6 Å². The lowest BCUT2D eigenvalue weighted by Gasteiger charge is -2.07. The van der Waals surface area contributed by atoms with Crippen molar-refractivity contribution in [2.24, 2.45) is 4.99 Å². The number of benzene rings is 2. The van der Waals surface area contributed by atoms with Gasteiger partial charge in [-0.1, -0.05) is 6.07 Å². The summed E-state index contributed by atoms with van der Waals surface area (Å²) in [6.07, 6.45) is 1.84. The zero-order valence-corrected chi connectivity index (χ0v) is 15.1. The van der Waals surface area contributed by atoms with Crippen molar-refractivity contribution in [2.45, 2.75) is 0 Å². The van der Waals surface area contributed by atoms with E-state index in [-0.39, 0.29) is 12.7 Å². The summed E-state index contributed by atoms with van der Waals surface area (Å²) < 4.78 is 15.8. The number of likely N-dealkylation sites (N-methyl/N-ethyl adjacent to an activating group) is 1. The predicted octanol–water partition coefficient (Wildman–Crippen LogP) is 3.66. The topological polar surface area (TPSA) is 60.4 Å². The molecule has 2 aliphatic rings. The fraction of sp³-hybridized carbons (Fsp3) is 0.158. The molecule has 0 N–H and O–H groups in total. The van der Waals surface area contributed by atoms with Crippen LogP contribution in [-0.2, 0) is 4.79 Å². The third-order valence-electron chi connectivity index (χ3n) is 4.00. The molecule has 0 aromatic heterocycles. The van der Waals surface area contributed by atoms with Crippen molar-refractivity contribution in [3.05, 3.63) is 52.9 Å². The van der Waals surface area contributed by atoms with Crippen molar-refractivity contribution in [3.63, 3.8) is 0 Å². The number of thioether (sulfide) groups is 1. The lowest BCUT2D eigenvalue weighted by atomic mass is 10.2. The molecule has 0 aliphatic carbocycles. The number of carbonyl (C=O) groups excluding carboxylic acids is 1. The lowest BCUT2D eigenvalue weighted by Crippen LogP contribution is -2.23. The van der Waals surface area contributed by atoms with Gasteiger partial charge in [0.25, 0.3) is 5.91 Å². The van der Waals surface area contributed by atoms with Crippen LogP contribution in [0.5, 0.6) is 17.2 Å². The first-order chi connectivity index (χ1) is 12.6. The molecule has 0 spiro atoms. The van der Waals surface area contributed by atoms with Crippen LogP contribution in [-0.4, -0.2) is 36.9 Å². The van der Waals surface area contributed by atoms with Crippen molar-refractivity contribution < 1.29 is 19.0 Å². The number of hydrogen-bond acceptors (Lipinski definition) is 6. The molecule has 4 rings (SSSR count). The fourth-order valence-electron chi connectivity index (χ4n) is 2.57. The SMILES string of the molecule is COc1ccc(N=C2S/C(=C/c3ccc4c(c3)OCO4)C(=O)N2C)cc1. The first-order valence-electron chi connectivity index (χ1n) is 7.94. The van der Waals surface area contributed by atoms with Gasteiger partial charge in [-0.25, -0.2) is 4.99 Å². The van der Waals surface area contributed by atoms with Crippen LogP contribution < -0.4 is 14.2 Å². The maximum atomic E-state index is 12.5. The van der Waals surface area contributed by atoms with Crippen molar-refractivity contribution in [1.29, 1.82) is 0 Å². The molecule has 6 nitrogen and oxygen atoms in total. The third kappa shape index (κ3) is 3.13. The molecule has 0 unspecified atom stereocenters. The molecule has 2 heterocycles. The third-order valence-corrected chi connectivity index (χ3v) is 5.06. The maximum absolute atomic E-state index is 12.5. The van der Waals surface area contributed by atoms with Gasteiger partial charge in [-0.05, 0) is 59.8 Å². The van der Waals surface area contributed by atoms with Gasteiger partial charge in [0.1, 0.15) is 5.75 Å². The molecule has 132 valence electrons. The highest BCUT2D eigenvalue weighted by Gasteiger charge is 2.30. The molecule has 1 fully saturated rings. The van der Waals surface area contributed by atoms with E-state index in [1.54, 1.807) is 19.1 Å². The minimum absolute atomic E-state index is 0.0834. The Balaban J connectivity index is 1.59. The van der Waals surface area contributed by atoms with Crippen molar-refractivity contribution in [3.8, 4) is 17.2 Å². The smallest absolute Gasteiger partial charge is 0.266 e. The zero-order chi connectivity index (χ0) is 18.1. The van der Waals surface area contributed by atoms with Gasteiger partial charge >= 0.3 is 0 Å². The number of nitrogens with zero attached hydrogens (tertiary/aromatic N) is 2. The Bertz CT molecular complexity index is 922. The Hall–Kier alpha value is -2.93. The number of carbonyl (C=O) groups is 1. The first kappa shape index (κ1) is 16.5. The number of fused-ring (bicyclic) bond motifs is 1. The van der Waals surface area contributed by atoms with Crippen LogP contribution in [0.15, 0.2) is 52.4 Å². The van der Waals surface area contributed by atoms with E-state index < -0.39 is 0 Å². The summed E-state index contributed by atoms with van der Waals surface area (Å²) >= 11 is 1.34. The van der Waals surface area contributed by atoms with Gasteiger partial charge in [-0.2, -0.15) is 0 Å². The van der Waals surface area contributed by atoms with Gasteiger partial charge in [-0.15, -0.1) is 0 Å². The van der Waals surface area contributed by atoms with E-state index >= 15 is 0 Å². The maximum Gasteiger partial charge on any atom is 0.266 e. The molecule has 7 heteroatoms. The van der Waals surface area contributed by atoms with E-state index in [1.165, 1.54) is 11.8 Å². The number of hydrogen-bond donors (Lipinski definition) is 0. The average molecular weight is 368 g/mol. The number of aliphatic imine (C=N–C) groups is 1. The molecule has 0 saturated carbocycles. The minimum Gasteiger partial charge on any atom is -0.497 e. The quantitative estimate of drug-likeness (QED) is 0.774. The molecular formula is C19H16N2O4S. The van der Waals surface area contributed by atoms with Crippen LogP contribution in [0.2, 0.25) is 0 Å². The monoisotopic (exact) mass is 368 g/mol. The molecule has 26 heavy (non-hydrogen) atoms. The summed E-state index contributed by atoms with van der Waals surface area (Å²) in [5.41, 5.74) is 1.64. The number of methoxy groups -OCH3 is 1. The van der Waals surface area contributed by atoms with Gasteiger partial charge in [-0.3, -0.25) is 9.69 Å². The van der Waals surface area contributed by atoms with Gasteiger partial charge in [0.05, 0.1) is 17.7 Å². The highest BCUT2D eigenvalue weighted by atomic mass is 32.2. The van der Waals surface area contributed by atoms with Crippen molar-refractivity contribution in [2.75, 3.05) is 21.0 Å². The number of ether oxygens (including phenoxy) is 3. The van der Waals surface area contributed by atoms with E-state index in [1.807, 2.05) is 48.5 Å². The summed E-state index contributed by atoms with van der Waals surface area (Å²) in [5.74, 6) is 2.09. The summed E-state index contributed by atoms with van der Waals surface area (Å²) in [7, 11) is 3.34. The molecular weight excluding hydrogens is 352 g/mol. The molecule has 1 saturated heterocycles. The van der Waals surface area contributed by atoms with Gasteiger partial charge < -0.3 is 14.2 Å². The van der Waals surface area contributed by atoms with Gasteiger partial charge in [0.15, 0.2) is 16.7 Å². The van der Waals surface area contributed by atoms with Crippen molar-refractivity contribution in [1.82, 2.24) is 4.90 Å². The van der Waals surface area contributed by atoms with Crippen LogP contribution in [0, 0.1) is 0 Å². The predicted molar refractivity (Wildman–Crippen MR) is 101 cm³/mol. The van der Waals surface area contributed by atoms with E-state index in [2.05, 4.69) is 4.99 Å². The van der Waals surface area contributed by atoms with Crippen LogP contribution in [0.1, 0.15) is 5.56 Å². The normalized spacial score (nSPS) is 18.8. The minimum atomic E-state index is -0.0834. The number of amidine groups is 1. The second-order valence-corrected chi connectivity index (χ2v) is 6.69. The number of amides is 1. The molecule has 1 amide bonds. The summed E-state index contributed by atoms with van der Waals surface area (Å²) in [4.78, 5) is 19.2. The van der Waals surface area contributed by atoms with Crippen LogP contribution >= 0.6 is 11.8 Å². The van der Waals surface area contributed by atoms with Crippen LogP contribution in [0.4, 0.5) is 5.69 Å². The summed E-state index contributed by atoms with van der Waals surface area (Å²) in [6.45, 7) is 0.227. The zero-order valence-electron chi connectivity index (χ0n) is 14.3. The Labute approximate surface area is 155 Å². The Kier molecular flexibility index (Phi) is 4.30. The first-order valence-corrected chi connectivity index (χ1v) is 8.76. The summed E-state index contributed by atoms with van der Waals surface area (Å²) in [5, 5.41) is 0.632. The number of rotatable bonds is 3. The Morgan fingerprint density at radius 2 is 1.92 bits per heavy atom. The average Bonchev–Trinajstić information content (AvgIpc) is 3.23. The fourth-order valence-corrected chi connectivity index (χ4v) is 3.56. The second kappa shape index (κ2) is 6.76.